The van der Waals surface area contributed by atoms with Gasteiger partial charge in [-0.3, -0.25) is 0 Å². The second kappa shape index (κ2) is 10.8. The van der Waals surface area contributed by atoms with E-state index in [0.29, 0.717) is 0 Å². The van der Waals surface area contributed by atoms with Crippen LogP contribution in [0.25, 0.3) is 0 Å². The molecule has 32 heavy (non-hydrogen) atoms. The van der Waals surface area contributed by atoms with E-state index in [-0.39, 0.29) is 19.4 Å². The van der Waals surface area contributed by atoms with Gasteiger partial charge in [0.25, 0.3) is 0 Å². The molecule has 0 bridgehead atoms. The van der Waals surface area contributed by atoms with Crippen molar-refractivity contribution in [1.82, 2.24) is 0 Å². The topological polar surface area (TPSA) is 268 Å². The van der Waals surface area contributed by atoms with Crippen LogP contribution >= 0.6 is 0 Å². The number of aliphatic hydroxyl groups excluding tert-OH is 5. The molecular formula is C18H37N5O9. The van der Waals surface area contributed by atoms with E-state index in [0.717, 1.165) is 0 Å². The number of hydrogen-bond acceptors (Lipinski definition) is 14. The molecule has 2 saturated heterocycles. The van der Waals surface area contributed by atoms with Crippen LogP contribution in [-0.4, -0.2) is 124 Å². The molecular weight excluding hydrogens is 430 g/mol. The lowest BCUT2D eigenvalue weighted by Crippen LogP contribution is -2.68. The zero-order valence-corrected chi connectivity index (χ0v) is 17.7. The van der Waals surface area contributed by atoms with Crippen molar-refractivity contribution >= 4 is 0 Å². The maximum atomic E-state index is 11.0. The van der Waals surface area contributed by atoms with Gasteiger partial charge in [0.1, 0.15) is 36.6 Å². The Kier molecular flexibility index (Phi) is 8.79. The summed E-state index contributed by atoms with van der Waals surface area (Å²) in [4.78, 5) is 0. The lowest BCUT2D eigenvalue weighted by atomic mass is 9.84. The minimum atomic E-state index is -1.44. The van der Waals surface area contributed by atoms with E-state index in [1.165, 1.54) is 0 Å². The summed E-state index contributed by atoms with van der Waals surface area (Å²) in [6.07, 6.45) is -10.8. The maximum absolute atomic E-state index is 11.0. The molecule has 14 atom stereocenters. The van der Waals surface area contributed by atoms with Crippen molar-refractivity contribution in [3.8, 4) is 0 Å². The smallest absolute Gasteiger partial charge is 0.186 e. The Balaban J connectivity index is 1.70. The second-order valence-electron chi connectivity index (χ2n) is 8.78. The summed E-state index contributed by atoms with van der Waals surface area (Å²) in [5.41, 5.74) is 29.8. The third-order valence-corrected chi connectivity index (χ3v) is 6.41. The standard InChI is InChI=1S/C18H37N5O9/c19-3-9-8(25)2-7(22)17(29-9)31-15-5(20)1-6(21)16(14(15)28)32-18-13(27)11(23)12(26)10(4-24)30-18/h5-18,24-28H,1-4,19-23H2/t5-,6+,7+,8-,9+,10+,11-,12+,13+,14-,15+,16-,17+,18?/m0/s1. The molecule has 3 rings (SSSR count). The predicted molar refractivity (Wildman–Crippen MR) is 108 cm³/mol. The molecule has 0 aromatic heterocycles. The minimum absolute atomic E-state index is 0.0542. The van der Waals surface area contributed by atoms with Gasteiger partial charge in [0.05, 0.1) is 30.9 Å². The molecule has 15 N–H and O–H groups in total. The highest BCUT2D eigenvalue weighted by atomic mass is 16.7. The summed E-state index contributed by atoms with van der Waals surface area (Å²) in [5, 5.41) is 50.7. The van der Waals surface area contributed by atoms with Gasteiger partial charge in [-0.1, -0.05) is 0 Å². The maximum Gasteiger partial charge on any atom is 0.186 e. The van der Waals surface area contributed by atoms with Crippen LogP contribution in [0.1, 0.15) is 12.8 Å². The highest BCUT2D eigenvalue weighted by Crippen LogP contribution is 2.30. The van der Waals surface area contributed by atoms with Crippen LogP contribution in [0.15, 0.2) is 0 Å². The molecule has 0 aromatic carbocycles. The SMILES string of the molecule is NC[C@H]1O[C@H](O[C@H]2[C@H](O)[C@@H](OC3O[C@H](CO)[C@@H](O)[C@H](N)[C@H]3O)[C@H](N)C[C@@H]2N)[C@H](N)C[C@@H]1O. The summed E-state index contributed by atoms with van der Waals surface area (Å²) < 4.78 is 22.7. The number of ether oxygens (including phenoxy) is 4. The molecule has 2 aliphatic heterocycles. The fraction of sp³-hybridized carbons (Fsp3) is 1.00. The molecule has 0 amide bonds. The fourth-order valence-corrected chi connectivity index (χ4v) is 4.43. The Labute approximate surface area is 185 Å². The zero-order chi connectivity index (χ0) is 23.7. The van der Waals surface area contributed by atoms with Crippen LogP contribution in [0.3, 0.4) is 0 Å². The van der Waals surface area contributed by atoms with Gasteiger partial charge >= 0.3 is 0 Å². The Morgan fingerprint density at radius 1 is 0.719 bits per heavy atom. The summed E-state index contributed by atoms with van der Waals surface area (Å²) in [5.74, 6) is 0. The van der Waals surface area contributed by atoms with Gasteiger partial charge in [-0.15, -0.1) is 0 Å². The van der Waals surface area contributed by atoms with Gasteiger partial charge in [-0.2, -0.15) is 0 Å². The van der Waals surface area contributed by atoms with Crippen molar-refractivity contribution in [2.45, 2.75) is 98.4 Å². The Morgan fingerprint density at radius 2 is 1.28 bits per heavy atom. The lowest BCUT2D eigenvalue weighted by molar-refractivity contribution is -0.314. The first kappa shape index (κ1) is 26.1. The van der Waals surface area contributed by atoms with Crippen molar-refractivity contribution in [3.05, 3.63) is 0 Å². The quantitative estimate of drug-likeness (QED) is 0.174. The van der Waals surface area contributed by atoms with E-state index >= 15 is 0 Å². The van der Waals surface area contributed by atoms with E-state index in [1.807, 2.05) is 0 Å². The average Bonchev–Trinajstić information content (AvgIpc) is 2.75. The van der Waals surface area contributed by atoms with Crippen LogP contribution in [0.2, 0.25) is 0 Å². The molecule has 0 radical (unpaired) electrons. The third kappa shape index (κ3) is 5.24. The van der Waals surface area contributed by atoms with Crippen molar-refractivity contribution < 1.29 is 44.5 Å². The first-order valence-electron chi connectivity index (χ1n) is 10.8. The van der Waals surface area contributed by atoms with Gasteiger partial charge in [0, 0.05) is 18.6 Å². The van der Waals surface area contributed by atoms with Gasteiger partial charge in [0.15, 0.2) is 12.6 Å². The zero-order valence-electron chi connectivity index (χ0n) is 17.7. The highest BCUT2D eigenvalue weighted by molar-refractivity contribution is 5.01. The Bertz CT molecular complexity index is 607. The third-order valence-electron chi connectivity index (χ3n) is 6.41. The van der Waals surface area contributed by atoms with E-state index in [2.05, 4.69) is 0 Å². The molecule has 1 unspecified atom stereocenters. The van der Waals surface area contributed by atoms with Gasteiger partial charge in [-0.25, -0.2) is 0 Å². The lowest BCUT2D eigenvalue weighted by Gasteiger charge is -2.47. The monoisotopic (exact) mass is 467 g/mol. The molecule has 3 aliphatic rings. The summed E-state index contributed by atoms with van der Waals surface area (Å²) >= 11 is 0. The number of nitrogens with two attached hydrogens (primary N) is 5. The van der Waals surface area contributed by atoms with Crippen molar-refractivity contribution in [3.63, 3.8) is 0 Å². The molecule has 188 valence electrons. The summed E-state index contributed by atoms with van der Waals surface area (Å²) in [7, 11) is 0. The van der Waals surface area contributed by atoms with E-state index in [9.17, 15) is 25.5 Å². The van der Waals surface area contributed by atoms with Crippen LogP contribution in [0, 0.1) is 0 Å². The first-order valence-corrected chi connectivity index (χ1v) is 10.8. The molecule has 2 heterocycles. The fourth-order valence-electron chi connectivity index (χ4n) is 4.43. The van der Waals surface area contributed by atoms with Crippen molar-refractivity contribution in [2.75, 3.05) is 13.2 Å². The number of hydrogen-bond donors (Lipinski definition) is 10. The van der Waals surface area contributed by atoms with Gasteiger partial charge in [0.2, 0.25) is 0 Å². The Morgan fingerprint density at radius 3 is 1.84 bits per heavy atom. The van der Waals surface area contributed by atoms with Gasteiger partial charge < -0.3 is 73.1 Å². The van der Waals surface area contributed by atoms with Crippen molar-refractivity contribution in [2.24, 2.45) is 28.7 Å². The van der Waals surface area contributed by atoms with Crippen LogP contribution in [0.4, 0.5) is 0 Å². The molecule has 1 aliphatic carbocycles. The summed E-state index contributed by atoms with van der Waals surface area (Å²) in [6, 6.07) is -3.27. The average molecular weight is 468 g/mol. The molecule has 14 heteroatoms. The summed E-state index contributed by atoms with van der Waals surface area (Å²) in [6.45, 7) is -0.499. The van der Waals surface area contributed by atoms with Crippen molar-refractivity contribution in [1.29, 1.82) is 0 Å². The highest BCUT2D eigenvalue weighted by Gasteiger charge is 2.50. The normalized spacial score (nSPS) is 52.7. The van der Waals surface area contributed by atoms with Crippen LogP contribution in [-0.2, 0) is 18.9 Å². The van der Waals surface area contributed by atoms with Crippen LogP contribution < -0.4 is 28.7 Å². The molecule has 0 spiro atoms. The molecule has 3 fully saturated rings. The predicted octanol–water partition coefficient (Wildman–Crippen LogP) is -6.30. The van der Waals surface area contributed by atoms with Gasteiger partial charge in [-0.05, 0) is 12.8 Å². The second-order valence-corrected chi connectivity index (χ2v) is 8.78. The van der Waals surface area contributed by atoms with E-state index < -0.39 is 92.2 Å². The first-order chi connectivity index (χ1) is 15.1. The molecule has 0 aromatic rings. The largest absolute Gasteiger partial charge is 0.394 e. The van der Waals surface area contributed by atoms with E-state index in [1.54, 1.807) is 0 Å². The Hall–Kier alpha value is -0.560. The minimum Gasteiger partial charge on any atom is -0.394 e. The number of aliphatic hydroxyl groups is 5. The van der Waals surface area contributed by atoms with Crippen LogP contribution in [0.5, 0.6) is 0 Å². The molecule has 1 saturated carbocycles. The van der Waals surface area contributed by atoms with E-state index in [4.69, 9.17) is 47.6 Å². The molecule has 14 nitrogen and oxygen atoms in total. The number of rotatable bonds is 6.